The number of unbranched alkanes of at least 4 members (excludes halogenated alkanes) is 6. The second kappa shape index (κ2) is 8.48. The Balaban J connectivity index is 2.02. The van der Waals surface area contributed by atoms with Gasteiger partial charge in [-0.05, 0) is 12.8 Å². The zero-order valence-electron chi connectivity index (χ0n) is 12.2. The third-order valence-electron chi connectivity index (χ3n) is 3.64. The Morgan fingerprint density at radius 3 is 2.16 bits per heavy atom. The fourth-order valence-corrected chi connectivity index (χ4v) is 2.17. The van der Waals surface area contributed by atoms with Gasteiger partial charge >= 0.3 is 0 Å². The molecule has 5 nitrogen and oxygen atoms in total. The van der Waals surface area contributed by atoms with Crippen molar-refractivity contribution in [3.8, 4) is 0 Å². The predicted octanol–water partition coefficient (Wildman–Crippen LogP) is 3.54. The molecule has 0 unspecified atom stereocenters. The van der Waals surface area contributed by atoms with Crippen molar-refractivity contribution >= 4 is 0 Å². The smallest absolute Gasteiger partial charge is 0.265 e. The summed E-state index contributed by atoms with van der Waals surface area (Å²) in [5, 5.41) is 10.8. The van der Waals surface area contributed by atoms with Crippen molar-refractivity contribution in [2.45, 2.75) is 77.0 Å². The number of rotatable bonds is 9. The number of ether oxygens (including phenoxy) is 2. The summed E-state index contributed by atoms with van der Waals surface area (Å²) in [7, 11) is 0. The van der Waals surface area contributed by atoms with Gasteiger partial charge in [-0.3, -0.25) is 10.1 Å². The highest BCUT2D eigenvalue weighted by Crippen LogP contribution is 2.21. The molecule has 1 aliphatic rings. The van der Waals surface area contributed by atoms with Crippen LogP contribution in [0.15, 0.2) is 0 Å². The first-order valence-electron chi connectivity index (χ1n) is 7.46. The van der Waals surface area contributed by atoms with Crippen LogP contribution in [-0.2, 0) is 9.47 Å². The van der Waals surface area contributed by atoms with Crippen LogP contribution in [0.4, 0.5) is 0 Å². The van der Waals surface area contributed by atoms with Crippen molar-refractivity contribution in [3.05, 3.63) is 10.1 Å². The van der Waals surface area contributed by atoms with Crippen molar-refractivity contribution in [1.82, 2.24) is 0 Å². The average Bonchev–Trinajstić information content (AvgIpc) is 2.40. The van der Waals surface area contributed by atoms with E-state index in [0.717, 1.165) is 12.8 Å². The summed E-state index contributed by atoms with van der Waals surface area (Å²) in [6.07, 6.45) is 9.37. The van der Waals surface area contributed by atoms with Crippen LogP contribution < -0.4 is 0 Å². The van der Waals surface area contributed by atoms with E-state index in [2.05, 4.69) is 6.92 Å². The monoisotopic (exact) mass is 273 g/mol. The van der Waals surface area contributed by atoms with Crippen molar-refractivity contribution < 1.29 is 14.4 Å². The fourth-order valence-electron chi connectivity index (χ4n) is 2.17. The third-order valence-corrected chi connectivity index (χ3v) is 3.64. The van der Waals surface area contributed by atoms with Gasteiger partial charge in [-0.25, -0.2) is 0 Å². The lowest BCUT2D eigenvalue weighted by Gasteiger charge is -2.31. The molecule has 5 heteroatoms. The molecule has 112 valence electrons. The highest BCUT2D eigenvalue weighted by atomic mass is 16.7. The summed E-state index contributed by atoms with van der Waals surface area (Å²) >= 11 is 0. The lowest BCUT2D eigenvalue weighted by atomic mass is 10.1. The lowest BCUT2D eigenvalue weighted by Crippen LogP contribution is -2.50. The predicted molar refractivity (Wildman–Crippen MR) is 73.7 cm³/mol. The van der Waals surface area contributed by atoms with Gasteiger partial charge in [0.2, 0.25) is 0 Å². The Kier molecular flexibility index (Phi) is 7.31. The molecule has 1 fully saturated rings. The standard InChI is InChI=1S/C14H27NO4/c1-3-4-5-6-7-8-9-10-13-18-11-14(2,12-19-13)15(16)17/h13H,3-12H2,1-2H3. The van der Waals surface area contributed by atoms with Crippen LogP contribution in [0.5, 0.6) is 0 Å². The number of hydrogen-bond donors (Lipinski definition) is 0. The van der Waals surface area contributed by atoms with Crippen LogP contribution in [0.2, 0.25) is 0 Å². The molecule has 19 heavy (non-hydrogen) atoms. The van der Waals surface area contributed by atoms with Crippen molar-refractivity contribution in [2.75, 3.05) is 13.2 Å². The van der Waals surface area contributed by atoms with Gasteiger partial charge < -0.3 is 9.47 Å². The maximum absolute atomic E-state index is 10.8. The molecule has 0 N–H and O–H groups in total. The van der Waals surface area contributed by atoms with Crippen molar-refractivity contribution in [3.63, 3.8) is 0 Å². The summed E-state index contributed by atoms with van der Waals surface area (Å²) in [6.45, 7) is 4.09. The van der Waals surface area contributed by atoms with Crippen LogP contribution in [0.3, 0.4) is 0 Å². The number of nitro groups is 1. The Hall–Kier alpha value is -0.680. The molecule has 0 aromatic carbocycles. The van der Waals surface area contributed by atoms with E-state index in [1.165, 1.54) is 38.5 Å². The molecule has 0 aliphatic carbocycles. The first-order valence-corrected chi connectivity index (χ1v) is 7.46. The van der Waals surface area contributed by atoms with Crippen LogP contribution in [0.25, 0.3) is 0 Å². The van der Waals surface area contributed by atoms with E-state index in [-0.39, 0.29) is 24.4 Å². The molecule has 1 heterocycles. The molecule has 0 radical (unpaired) electrons. The number of nitrogens with zero attached hydrogens (tertiary/aromatic N) is 1. The van der Waals surface area contributed by atoms with Crippen LogP contribution in [0.1, 0.15) is 65.2 Å². The fraction of sp³-hybridized carbons (Fsp3) is 1.00. The molecule has 0 bridgehead atoms. The van der Waals surface area contributed by atoms with E-state index in [1.54, 1.807) is 6.92 Å². The second-order valence-electron chi connectivity index (χ2n) is 5.72. The van der Waals surface area contributed by atoms with Gasteiger partial charge in [0.1, 0.15) is 13.2 Å². The number of hydrogen-bond acceptors (Lipinski definition) is 4. The van der Waals surface area contributed by atoms with E-state index in [0.29, 0.717) is 0 Å². The van der Waals surface area contributed by atoms with Crippen LogP contribution in [0, 0.1) is 10.1 Å². The van der Waals surface area contributed by atoms with Crippen molar-refractivity contribution in [2.24, 2.45) is 0 Å². The first kappa shape index (κ1) is 16.4. The summed E-state index contributed by atoms with van der Waals surface area (Å²) in [6, 6.07) is 0. The normalized spacial score (nSPS) is 27.4. The van der Waals surface area contributed by atoms with Gasteiger partial charge in [-0.2, -0.15) is 0 Å². The molecule has 1 aliphatic heterocycles. The third kappa shape index (κ3) is 5.87. The van der Waals surface area contributed by atoms with Gasteiger partial charge in [0.25, 0.3) is 5.54 Å². The molecule has 0 atom stereocenters. The van der Waals surface area contributed by atoms with E-state index in [9.17, 15) is 10.1 Å². The zero-order chi connectivity index (χ0) is 14.1. The molecule has 0 amide bonds. The van der Waals surface area contributed by atoms with Gasteiger partial charge in [0.15, 0.2) is 6.29 Å². The van der Waals surface area contributed by atoms with Gasteiger partial charge in [0.05, 0.1) is 0 Å². The maximum atomic E-state index is 10.8. The minimum absolute atomic E-state index is 0.154. The van der Waals surface area contributed by atoms with E-state index < -0.39 is 5.54 Å². The molecule has 0 spiro atoms. The van der Waals surface area contributed by atoms with Crippen LogP contribution in [-0.4, -0.2) is 30.0 Å². The molecule has 1 saturated heterocycles. The molecule has 0 saturated carbocycles. The van der Waals surface area contributed by atoms with Gasteiger partial charge in [-0.15, -0.1) is 0 Å². The first-order chi connectivity index (χ1) is 9.08. The Morgan fingerprint density at radius 1 is 1.11 bits per heavy atom. The SMILES string of the molecule is CCCCCCCCCC1OCC(C)([N+](=O)[O-])CO1. The molecular formula is C14H27NO4. The Labute approximate surface area is 115 Å². The second-order valence-corrected chi connectivity index (χ2v) is 5.72. The topological polar surface area (TPSA) is 61.6 Å². The molecular weight excluding hydrogens is 246 g/mol. The highest BCUT2D eigenvalue weighted by molar-refractivity contribution is 4.76. The van der Waals surface area contributed by atoms with Gasteiger partial charge in [-0.1, -0.05) is 45.4 Å². The zero-order valence-corrected chi connectivity index (χ0v) is 12.2. The molecule has 1 rings (SSSR count). The summed E-state index contributed by atoms with van der Waals surface area (Å²) in [5.41, 5.74) is -1.07. The quantitative estimate of drug-likeness (QED) is 0.366. The van der Waals surface area contributed by atoms with Crippen LogP contribution >= 0.6 is 0 Å². The Morgan fingerprint density at radius 2 is 1.63 bits per heavy atom. The van der Waals surface area contributed by atoms with Gasteiger partial charge in [0, 0.05) is 11.8 Å². The molecule has 0 aromatic rings. The summed E-state index contributed by atoms with van der Waals surface area (Å²) < 4.78 is 10.9. The van der Waals surface area contributed by atoms with E-state index >= 15 is 0 Å². The minimum atomic E-state index is -1.07. The summed E-state index contributed by atoms with van der Waals surface area (Å²) in [5.74, 6) is 0. The highest BCUT2D eigenvalue weighted by Gasteiger charge is 2.43. The lowest BCUT2D eigenvalue weighted by molar-refractivity contribution is -0.586. The molecule has 0 aromatic heterocycles. The van der Waals surface area contributed by atoms with E-state index in [1.807, 2.05) is 0 Å². The van der Waals surface area contributed by atoms with Crippen molar-refractivity contribution in [1.29, 1.82) is 0 Å². The van der Waals surface area contributed by atoms with E-state index in [4.69, 9.17) is 9.47 Å². The largest absolute Gasteiger partial charge is 0.345 e. The minimum Gasteiger partial charge on any atom is -0.345 e. The maximum Gasteiger partial charge on any atom is 0.265 e. The summed E-state index contributed by atoms with van der Waals surface area (Å²) in [4.78, 5) is 10.5. The Bertz CT molecular complexity index is 262. The average molecular weight is 273 g/mol.